The van der Waals surface area contributed by atoms with Crippen molar-refractivity contribution in [1.29, 1.82) is 0 Å². The molecule has 3 rings (SSSR count). The summed E-state index contributed by atoms with van der Waals surface area (Å²) in [4.78, 5) is 15.7. The molecule has 1 aliphatic heterocycles. The van der Waals surface area contributed by atoms with Gasteiger partial charge in [-0.1, -0.05) is 30.3 Å². The number of nitrogens with zero attached hydrogens (tertiary/aromatic N) is 4. The third-order valence-corrected chi connectivity index (χ3v) is 3.98. The monoisotopic (exact) mass is 314 g/mol. The first kappa shape index (κ1) is 15.6. The second-order valence-corrected chi connectivity index (χ2v) is 5.58. The third-order valence-electron chi connectivity index (χ3n) is 3.98. The lowest BCUT2D eigenvalue weighted by Crippen LogP contribution is -2.49. The molecule has 1 aliphatic rings. The van der Waals surface area contributed by atoms with Crippen molar-refractivity contribution in [3.63, 3.8) is 0 Å². The summed E-state index contributed by atoms with van der Waals surface area (Å²) >= 11 is 0. The summed E-state index contributed by atoms with van der Waals surface area (Å²) in [6.45, 7) is 6.06. The van der Waals surface area contributed by atoms with Crippen molar-refractivity contribution in [2.75, 3.05) is 32.8 Å². The van der Waals surface area contributed by atoms with Gasteiger partial charge in [-0.2, -0.15) is 5.10 Å². The highest BCUT2D eigenvalue weighted by Gasteiger charge is 2.22. The van der Waals surface area contributed by atoms with Crippen LogP contribution in [0.5, 0.6) is 0 Å². The highest BCUT2D eigenvalue weighted by molar-refractivity contribution is 5.67. The molecule has 6 nitrogen and oxygen atoms in total. The van der Waals surface area contributed by atoms with Crippen molar-refractivity contribution < 1.29 is 9.53 Å². The molecule has 0 saturated carbocycles. The van der Waals surface area contributed by atoms with E-state index in [-0.39, 0.29) is 6.09 Å². The lowest BCUT2D eigenvalue weighted by atomic mass is 10.1. The van der Waals surface area contributed by atoms with Crippen molar-refractivity contribution in [3.05, 3.63) is 42.7 Å². The van der Waals surface area contributed by atoms with Crippen LogP contribution in [-0.2, 0) is 11.4 Å². The Bertz CT molecular complexity index is 633. The molecule has 0 unspecified atom stereocenters. The van der Waals surface area contributed by atoms with E-state index in [9.17, 15) is 4.79 Å². The molecule has 2 aromatic rings. The fourth-order valence-electron chi connectivity index (χ4n) is 2.71. The molecule has 1 saturated heterocycles. The number of benzene rings is 1. The number of aromatic nitrogens is 2. The molecule has 1 amide bonds. The first-order valence-electron chi connectivity index (χ1n) is 7.98. The second-order valence-electron chi connectivity index (χ2n) is 5.58. The zero-order valence-electron chi connectivity index (χ0n) is 13.4. The van der Waals surface area contributed by atoms with Gasteiger partial charge in [0, 0.05) is 37.9 Å². The van der Waals surface area contributed by atoms with Gasteiger partial charge in [-0.05, 0) is 12.5 Å². The van der Waals surface area contributed by atoms with Crippen LogP contribution in [0.25, 0.3) is 11.1 Å². The van der Waals surface area contributed by atoms with E-state index in [1.54, 1.807) is 4.90 Å². The largest absolute Gasteiger partial charge is 0.450 e. The van der Waals surface area contributed by atoms with Crippen molar-refractivity contribution in [2.45, 2.75) is 13.6 Å². The van der Waals surface area contributed by atoms with Crippen molar-refractivity contribution in [2.24, 2.45) is 0 Å². The van der Waals surface area contributed by atoms with Gasteiger partial charge in [-0.3, -0.25) is 9.58 Å². The summed E-state index contributed by atoms with van der Waals surface area (Å²) in [6, 6.07) is 10.2. The van der Waals surface area contributed by atoms with Crippen molar-refractivity contribution in [3.8, 4) is 11.1 Å². The molecule has 23 heavy (non-hydrogen) atoms. The van der Waals surface area contributed by atoms with Crippen LogP contribution in [0, 0.1) is 0 Å². The van der Waals surface area contributed by atoms with Crippen LogP contribution < -0.4 is 0 Å². The van der Waals surface area contributed by atoms with Gasteiger partial charge >= 0.3 is 6.09 Å². The molecule has 1 fully saturated rings. The number of carbonyl (C=O) groups excluding carboxylic acids is 1. The standard InChI is InChI=1S/C17H22N4O2/c1-2-23-17(22)20-10-8-19(9-11-20)14-21-13-16(12-18-21)15-6-4-3-5-7-15/h3-7,12-13H,2,8-11,14H2,1H3. The molecular weight excluding hydrogens is 292 g/mol. The molecule has 0 aliphatic carbocycles. The molecule has 0 N–H and O–H groups in total. The van der Waals surface area contributed by atoms with Crippen LogP contribution in [0.3, 0.4) is 0 Å². The smallest absolute Gasteiger partial charge is 0.409 e. The van der Waals surface area contributed by atoms with E-state index in [1.165, 1.54) is 5.56 Å². The molecule has 1 aromatic carbocycles. The summed E-state index contributed by atoms with van der Waals surface area (Å²) in [5.74, 6) is 0. The molecule has 0 atom stereocenters. The number of hydrogen-bond donors (Lipinski definition) is 0. The lowest BCUT2D eigenvalue weighted by Gasteiger charge is -2.33. The van der Waals surface area contributed by atoms with Crippen LogP contribution >= 0.6 is 0 Å². The Labute approximate surface area is 136 Å². The number of ether oxygens (including phenoxy) is 1. The Balaban J connectivity index is 1.53. The molecular formula is C17H22N4O2. The zero-order valence-corrected chi connectivity index (χ0v) is 13.4. The number of rotatable bonds is 4. The predicted octanol–water partition coefficient (Wildman–Crippen LogP) is 2.28. The fraction of sp³-hybridized carbons (Fsp3) is 0.412. The van der Waals surface area contributed by atoms with Gasteiger partial charge in [0.05, 0.1) is 19.5 Å². The van der Waals surface area contributed by atoms with Crippen molar-refractivity contribution >= 4 is 6.09 Å². The summed E-state index contributed by atoms with van der Waals surface area (Å²) in [7, 11) is 0. The number of piperazine rings is 1. The third kappa shape index (κ3) is 3.90. The van der Waals surface area contributed by atoms with Gasteiger partial charge in [0.15, 0.2) is 0 Å². The van der Waals surface area contributed by atoms with Crippen LogP contribution in [0.4, 0.5) is 4.79 Å². The Morgan fingerprint density at radius 3 is 2.57 bits per heavy atom. The van der Waals surface area contributed by atoms with E-state index in [1.807, 2.05) is 36.0 Å². The summed E-state index contributed by atoms with van der Waals surface area (Å²) in [6.07, 6.45) is 3.75. The van der Waals surface area contributed by atoms with Crippen LogP contribution in [0.1, 0.15) is 6.92 Å². The number of amides is 1. The lowest BCUT2D eigenvalue weighted by molar-refractivity contribution is 0.0694. The topological polar surface area (TPSA) is 50.6 Å². The molecule has 1 aromatic heterocycles. The highest BCUT2D eigenvalue weighted by atomic mass is 16.6. The maximum atomic E-state index is 11.7. The van der Waals surface area contributed by atoms with Gasteiger partial charge in [-0.25, -0.2) is 4.79 Å². The van der Waals surface area contributed by atoms with Crippen molar-refractivity contribution in [1.82, 2.24) is 19.6 Å². The molecule has 0 bridgehead atoms. The highest BCUT2D eigenvalue weighted by Crippen LogP contribution is 2.17. The Kier molecular flexibility index (Phi) is 4.92. The first-order chi connectivity index (χ1) is 11.3. The maximum absolute atomic E-state index is 11.7. The number of carbonyl (C=O) groups is 1. The summed E-state index contributed by atoms with van der Waals surface area (Å²) < 4.78 is 6.98. The second kappa shape index (κ2) is 7.28. The Morgan fingerprint density at radius 1 is 1.13 bits per heavy atom. The van der Waals surface area contributed by atoms with E-state index in [0.29, 0.717) is 19.7 Å². The quantitative estimate of drug-likeness (QED) is 0.869. The van der Waals surface area contributed by atoms with Gasteiger partial charge < -0.3 is 9.64 Å². The van der Waals surface area contributed by atoms with Crippen LogP contribution in [0.2, 0.25) is 0 Å². The Morgan fingerprint density at radius 2 is 1.87 bits per heavy atom. The molecule has 6 heteroatoms. The first-order valence-corrected chi connectivity index (χ1v) is 7.98. The fourth-order valence-corrected chi connectivity index (χ4v) is 2.71. The van der Waals surface area contributed by atoms with Gasteiger partial charge in [-0.15, -0.1) is 0 Å². The molecule has 2 heterocycles. The van der Waals surface area contributed by atoms with Gasteiger partial charge in [0.25, 0.3) is 0 Å². The van der Waals surface area contributed by atoms with E-state index >= 15 is 0 Å². The van der Waals surface area contributed by atoms with E-state index in [0.717, 1.165) is 25.3 Å². The Hall–Kier alpha value is -2.34. The average molecular weight is 314 g/mol. The van der Waals surface area contributed by atoms with Gasteiger partial charge in [0.1, 0.15) is 0 Å². The van der Waals surface area contributed by atoms with E-state index in [4.69, 9.17) is 4.74 Å². The molecule has 0 spiro atoms. The van der Waals surface area contributed by atoms with Crippen LogP contribution in [0.15, 0.2) is 42.7 Å². The van der Waals surface area contributed by atoms with Crippen LogP contribution in [-0.4, -0.2) is 58.5 Å². The van der Waals surface area contributed by atoms with E-state index < -0.39 is 0 Å². The normalized spacial score (nSPS) is 15.6. The summed E-state index contributed by atoms with van der Waals surface area (Å²) in [5, 5.41) is 4.44. The SMILES string of the molecule is CCOC(=O)N1CCN(Cn2cc(-c3ccccc3)cn2)CC1. The minimum absolute atomic E-state index is 0.211. The molecule has 0 radical (unpaired) electrons. The predicted molar refractivity (Wildman–Crippen MR) is 87.8 cm³/mol. The maximum Gasteiger partial charge on any atom is 0.409 e. The number of hydrogen-bond acceptors (Lipinski definition) is 4. The molecule has 122 valence electrons. The minimum Gasteiger partial charge on any atom is -0.450 e. The minimum atomic E-state index is -0.211. The van der Waals surface area contributed by atoms with E-state index in [2.05, 4.69) is 28.3 Å². The zero-order chi connectivity index (χ0) is 16.1. The summed E-state index contributed by atoms with van der Waals surface area (Å²) in [5.41, 5.74) is 2.29. The van der Waals surface area contributed by atoms with Gasteiger partial charge in [0.2, 0.25) is 0 Å². The average Bonchev–Trinajstić information content (AvgIpc) is 3.05.